The molecule has 1 aromatic heterocycles. The zero-order chi connectivity index (χ0) is 17.4. The zero-order valence-electron chi connectivity index (χ0n) is 15.8. The Morgan fingerprint density at radius 1 is 1.20 bits per heavy atom. The largest absolute Gasteiger partial charge is 0.341 e. The molecule has 0 aromatic carbocycles. The third-order valence-corrected chi connectivity index (χ3v) is 6.33. The summed E-state index contributed by atoms with van der Waals surface area (Å²) in [4.78, 5) is 17.6. The number of fused-ring (bicyclic) bond motifs is 1. The molecule has 138 valence electrons. The van der Waals surface area contributed by atoms with Crippen LogP contribution < -0.4 is 0 Å². The van der Waals surface area contributed by atoms with Gasteiger partial charge in [0.25, 0.3) is 0 Å². The first-order valence-electron chi connectivity index (χ1n) is 10.1. The Labute approximate surface area is 151 Å². The molecule has 2 atom stereocenters. The Hall–Kier alpha value is -1.36. The topological polar surface area (TPSA) is 41.4 Å². The van der Waals surface area contributed by atoms with Gasteiger partial charge in [0, 0.05) is 44.3 Å². The van der Waals surface area contributed by atoms with E-state index in [9.17, 15) is 4.79 Å². The van der Waals surface area contributed by atoms with Crippen LogP contribution in [0.1, 0.15) is 49.9 Å². The van der Waals surface area contributed by atoms with Crippen LogP contribution >= 0.6 is 0 Å². The van der Waals surface area contributed by atoms with Crippen LogP contribution in [0.4, 0.5) is 0 Å². The SMILES string of the molecule is Cc1cc(C)n(CCC(=O)N2C[C@@H]3CCCCN(CC4CC4)[C@@H]3C2)n1. The minimum absolute atomic E-state index is 0.312. The van der Waals surface area contributed by atoms with Crippen molar-refractivity contribution in [1.29, 1.82) is 0 Å². The second-order valence-electron chi connectivity index (χ2n) is 8.46. The fraction of sp³-hybridized carbons (Fsp3) is 0.800. The Morgan fingerprint density at radius 3 is 2.76 bits per heavy atom. The smallest absolute Gasteiger partial charge is 0.224 e. The van der Waals surface area contributed by atoms with Gasteiger partial charge in [0.2, 0.25) is 5.91 Å². The second kappa shape index (κ2) is 7.10. The van der Waals surface area contributed by atoms with Gasteiger partial charge in [-0.25, -0.2) is 0 Å². The van der Waals surface area contributed by atoms with Gasteiger partial charge < -0.3 is 4.90 Å². The molecule has 0 bridgehead atoms. The van der Waals surface area contributed by atoms with Crippen LogP contribution in [0.15, 0.2) is 6.07 Å². The lowest BCUT2D eigenvalue weighted by molar-refractivity contribution is -0.130. The quantitative estimate of drug-likeness (QED) is 0.824. The van der Waals surface area contributed by atoms with Gasteiger partial charge in [-0.15, -0.1) is 0 Å². The third kappa shape index (κ3) is 3.91. The molecule has 2 saturated heterocycles. The number of hydrogen-bond donors (Lipinski definition) is 0. The maximum atomic E-state index is 12.8. The number of carbonyl (C=O) groups is 1. The zero-order valence-corrected chi connectivity index (χ0v) is 15.8. The van der Waals surface area contributed by atoms with Gasteiger partial charge in [0.05, 0.1) is 5.69 Å². The summed E-state index contributed by atoms with van der Waals surface area (Å²) in [6.45, 7) is 9.22. The number of amides is 1. The predicted octanol–water partition coefficient (Wildman–Crippen LogP) is 2.61. The highest BCUT2D eigenvalue weighted by atomic mass is 16.2. The molecule has 5 heteroatoms. The van der Waals surface area contributed by atoms with Crippen LogP contribution in [-0.2, 0) is 11.3 Å². The average molecular weight is 345 g/mol. The van der Waals surface area contributed by atoms with Crippen LogP contribution in [0.5, 0.6) is 0 Å². The Bertz CT molecular complexity index is 621. The molecule has 0 unspecified atom stereocenters. The molecule has 5 nitrogen and oxygen atoms in total. The molecular formula is C20H32N4O. The van der Waals surface area contributed by atoms with Crippen molar-refractivity contribution in [2.45, 2.75) is 65.0 Å². The number of carbonyl (C=O) groups excluding carboxylic acids is 1. The van der Waals surface area contributed by atoms with Crippen LogP contribution in [0.2, 0.25) is 0 Å². The molecule has 3 aliphatic rings. The van der Waals surface area contributed by atoms with E-state index >= 15 is 0 Å². The Kier molecular flexibility index (Phi) is 4.85. The number of rotatable bonds is 5. The van der Waals surface area contributed by atoms with Crippen molar-refractivity contribution in [3.63, 3.8) is 0 Å². The monoisotopic (exact) mass is 344 g/mol. The predicted molar refractivity (Wildman–Crippen MR) is 98.3 cm³/mol. The van der Waals surface area contributed by atoms with E-state index in [4.69, 9.17) is 0 Å². The highest BCUT2D eigenvalue weighted by Crippen LogP contribution is 2.35. The first kappa shape index (κ1) is 17.1. The number of likely N-dealkylation sites (tertiary alicyclic amines) is 2. The van der Waals surface area contributed by atoms with Crippen molar-refractivity contribution in [3.05, 3.63) is 17.5 Å². The molecule has 1 amide bonds. The lowest BCUT2D eigenvalue weighted by atomic mass is 9.98. The molecule has 1 saturated carbocycles. The summed E-state index contributed by atoms with van der Waals surface area (Å²) < 4.78 is 1.97. The van der Waals surface area contributed by atoms with Gasteiger partial charge in [0.15, 0.2) is 0 Å². The van der Waals surface area contributed by atoms with Gasteiger partial charge in [-0.3, -0.25) is 14.4 Å². The number of hydrogen-bond acceptors (Lipinski definition) is 3. The molecule has 0 N–H and O–H groups in total. The highest BCUT2D eigenvalue weighted by Gasteiger charge is 2.40. The Morgan fingerprint density at radius 2 is 2.04 bits per heavy atom. The molecule has 25 heavy (non-hydrogen) atoms. The standard InChI is InChI=1S/C20H32N4O/c1-15-11-16(2)24(21-15)10-8-20(25)23-13-18-5-3-4-9-22(19(18)14-23)12-17-6-7-17/h11,17-19H,3-10,12-14H2,1-2H3/t18-,19+/m0/s1. The van der Waals surface area contributed by atoms with Crippen molar-refractivity contribution in [1.82, 2.24) is 19.6 Å². The highest BCUT2D eigenvalue weighted by molar-refractivity contribution is 5.76. The van der Waals surface area contributed by atoms with Gasteiger partial charge in [-0.1, -0.05) is 6.42 Å². The molecule has 1 aliphatic carbocycles. The number of aryl methyl sites for hydroxylation is 3. The summed E-state index contributed by atoms with van der Waals surface area (Å²) in [6.07, 6.45) is 7.37. The van der Waals surface area contributed by atoms with Crippen LogP contribution in [-0.4, -0.2) is 57.7 Å². The van der Waals surface area contributed by atoms with Crippen LogP contribution in [0.25, 0.3) is 0 Å². The molecule has 0 radical (unpaired) electrons. The van der Waals surface area contributed by atoms with Gasteiger partial charge >= 0.3 is 0 Å². The summed E-state index contributed by atoms with van der Waals surface area (Å²) >= 11 is 0. The van der Waals surface area contributed by atoms with Crippen molar-refractivity contribution in [2.75, 3.05) is 26.2 Å². The van der Waals surface area contributed by atoms with E-state index in [0.29, 0.717) is 30.8 Å². The van der Waals surface area contributed by atoms with Crippen LogP contribution in [0.3, 0.4) is 0 Å². The lowest BCUT2D eigenvalue weighted by Crippen LogP contribution is -2.42. The minimum Gasteiger partial charge on any atom is -0.341 e. The molecule has 1 aromatic rings. The normalized spacial score (nSPS) is 27.4. The van der Waals surface area contributed by atoms with E-state index in [1.54, 1.807) is 0 Å². The van der Waals surface area contributed by atoms with E-state index in [0.717, 1.165) is 30.4 Å². The van der Waals surface area contributed by atoms with E-state index in [1.165, 1.54) is 45.2 Å². The molecule has 4 rings (SSSR count). The van der Waals surface area contributed by atoms with Crippen molar-refractivity contribution in [3.8, 4) is 0 Å². The molecule has 2 aliphatic heterocycles. The first-order valence-corrected chi connectivity index (χ1v) is 10.1. The minimum atomic E-state index is 0.312. The molecular weight excluding hydrogens is 312 g/mol. The van der Waals surface area contributed by atoms with Gasteiger partial charge in [-0.05, 0) is 64.0 Å². The first-order chi connectivity index (χ1) is 12.1. The molecule has 3 heterocycles. The maximum Gasteiger partial charge on any atom is 0.224 e. The molecule has 0 spiro atoms. The summed E-state index contributed by atoms with van der Waals surface area (Å²) in [5.41, 5.74) is 2.18. The third-order valence-electron chi connectivity index (χ3n) is 6.33. The maximum absolute atomic E-state index is 12.8. The van der Waals surface area contributed by atoms with Gasteiger partial charge in [0.1, 0.15) is 0 Å². The summed E-state index contributed by atoms with van der Waals surface area (Å²) in [7, 11) is 0. The van der Waals surface area contributed by atoms with E-state index < -0.39 is 0 Å². The summed E-state index contributed by atoms with van der Waals surface area (Å²) in [6, 6.07) is 2.69. The fourth-order valence-corrected chi connectivity index (χ4v) is 4.76. The lowest BCUT2D eigenvalue weighted by Gasteiger charge is -2.30. The van der Waals surface area contributed by atoms with E-state index in [2.05, 4.69) is 27.9 Å². The Balaban J connectivity index is 1.35. The van der Waals surface area contributed by atoms with E-state index in [1.807, 2.05) is 11.6 Å². The van der Waals surface area contributed by atoms with Crippen molar-refractivity contribution < 1.29 is 4.79 Å². The van der Waals surface area contributed by atoms with E-state index in [-0.39, 0.29) is 0 Å². The van der Waals surface area contributed by atoms with Crippen molar-refractivity contribution >= 4 is 5.91 Å². The average Bonchev–Trinajstić information content (AvgIpc) is 3.25. The molecule has 3 fully saturated rings. The fourth-order valence-electron chi connectivity index (χ4n) is 4.76. The second-order valence-corrected chi connectivity index (χ2v) is 8.46. The number of nitrogens with zero attached hydrogens (tertiary/aromatic N) is 4. The van der Waals surface area contributed by atoms with Crippen molar-refractivity contribution in [2.24, 2.45) is 11.8 Å². The van der Waals surface area contributed by atoms with Crippen LogP contribution in [0, 0.1) is 25.7 Å². The summed E-state index contributed by atoms with van der Waals surface area (Å²) in [5, 5.41) is 4.48. The summed E-state index contributed by atoms with van der Waals surface area (Å²) in [5.74, 6) is 1.94. The van der Waals surface area contributed by atoms with Gasteiger partial charge in [-0.2, -0.15) is 5.10 Å². The number of aromatic nitrogens is 2.